The van der Waals surface area contributed by atoms with E-state index in [0.717, 1.165) is 5.56 Å². The van der Waals surface area contributed by atoms with Gasteiger partial charge in [0.05, 0.1) is 31.4 Å². The maximum Gasteiger partial charge on any atom is 0.388 e. The van der Waals surface area contributed by atoms with Crippen LogP contribution in [0.15, 0.2) is 49.1 Å². The molecule has 8 heteroatoms. The molecule has 3 aromatic rings. The van der Waals surface area contributed by atoms with Crippen LogP contribution in [0.2, 0.25) is 5.02 Å². The zero-order valence-electron chi connectivity index (χ0n) is 12.9. The van der Waals surface area contributed by atoms with Crippen LogP contribution in [0, 0.1) is 0 Å². The molecule has 2 aromatic heterocycles. The first-order valence-corrected chi connectivity index (χ1v) is 7.74. The van der Waals surface area contributed by atoms with Crippen LogP contribution in [0.5, 0.6) is 5.88 Å². The smallest absolute Gasteiger partial charge is 0.388 e. The molecule has 0 aliphatic heterocycles. The summed E-state index contributed by atoms with van der Waals surface area (Å²) >= 11 is 6.00. The molecule has 2 heterocycles. The number of benzene rings is 1. The van der Waals surface area contributed by atoms with Gasteiger partial charge in [0, 0.05) is 16.8 Å². The molecule has 0 aliphatic rings. The normalized spacial score (nSPS) is 11.1. The van der Waals surface area contributed by atoms with Crippen molar-refractivity contribution >= 4 is 11.6 Å². The van der Waals surface area contributed by atoms with Crippen molar-refractivity contribution in [3.63, 3.8) is 0 Å². The Kier molecular flexibility index (Phi) is 5.25. The van der Waals surface area contributed by atoms with E-state index in [1.54, 1.807) is 47.4 Å². The number of aliphatic hydroxyl groups is 1. The molecule has 0 unspecified atom stereocenters. The summed E-state index contributed by atoms with van der Waals surface area (Å²) in [4.78, 5) is 8.00. The van der Waals surface area contributed by atoms with Gasteiger partial charge in [0.2, 0.25) is 5.88 Å². The SMILES string of the molecule is OCc1cncn1Cc1cnc(OC(F)F)c(-c2cccc(Cl)c2)c1. The molecule has 0 radical (unpaired) electrons. The summed E-state index contributed by atoms with van der Waals surface area (Å²) in [5.41, 5.74) is 2.40. The van der Waals surface area contributed by atoms with Crippen LogP contribution in [0.3, 0.4) is 0 Å². The van der Waals surface area contributed by atoms with Crippen molar-refractivity contribution in [3.05, 3.63) is 65.3 Å². The van der Waals surface area contributed by atoms with Crippen LogP contribution in [-0.4, -0.2) is 26.3 Å². The van der Waals surface area contributed by atoms with E-state index >= 15 is 0 Å². The van der Waals surface area contributed by atoms with Crippen molar-refractivity contribution < 1.29 is 18.6 Å². The lowest BCUT2D eigenvalue weighted by molar-refractivity contribution is -0.0524. The molecule has 0 saturated heterocycles. The number of halogens is 3. The van der Waals surface area contributed by atoms with Crippen molar-refractivity contribution in [2.45, 2.75) is 19.8 Å². The molecule has 0 saturated carbocycles. The number of alkyl halides is 2. The first kappa shape index (κ1) is 17.3. The fraction of sp³-hybridized carbons (Fsp3) is 0.176. The number of nitrogens with zero attached hydrogens (tertiary/aromatic N) is 3. The van der Waals surface area contributed by atoms with Crippen LogP contribution >= 0.6 is 11.6 Å². The molecule has 5 nitrogen and oxygen atoms in total. The van der Waals surface area contributed by atoms with Crippen LogP contribution < -0.4 is 4.74 Å². The van der Waals surface area contributed by atoms with Gasteiger partial charge in [0.15, 0.2) is 0 Å². The molecule has 3 rings (SSSR count). The molecular formula is C17H14ClF2N3O2. The zero-order valence-corrected chi connectivity index (χ0v) is 13.7. The number of hydrogen-bond acceptors (Lipinski definition) is 4. The van der Waals surface area contributed by atoms with E-state index in [1.165, 1.54) is 6.20 Å². The van der Waals surface area contributed by atoms with E-state index in [4.69, 9.17) is 11.6 Å². The molecule has 0 amide bonds. The third-order valence-corrected chi connectivity index (χ3v) is 3.79. The summed E-state index contributed by atoms with van der Waals surface area (Å²) in [5, 5.41) is 9.77. The molecule has 0 spiro atoms. The van der Waals surface area contributed by atoms with Crippen molar-refractivity contribution in [2.24, 2.45) is 0 Å². The second-order valence-corrected chi connectivity index (χ2v) is 5.69. The van der Waals surface area contributed by atoms with Crippen LogP contribution in [-0.2, 0) is 13.2 Å². The van der Waals surface area contributed by atoms with Gasteiger partial charge < -0.3 is 14.4 Å². The quantitative estimate of drug-likeness (QED) is 0.723. The average molecular weight is 366 g/mol. The minimum absolute atomic E-state index is 0.152. The van der Waals surface area contributed by atoms with Crippen molar-refractivity contribution in [1.29, 1.82) is 0 Å². The Bertz CT molecular complexity index is 871. The number of hydrogen-bond donors (Lipinski definition) is 1. The van der Waals surface area contributed by atoms with Gasteiger partial charge in [0.25, 0.3) is 0 Å². The lowest BCUT2D eigenvalue weighted by atomic mass is 10.1. The van der Waals surface area contributed by atoms with E-state index in [2.05, 4.69) is 14.7 Å². The largest absolute Gasteiger partial charge is 0.416 e. The summed E-state index contributed by atoms with van der Waals surface area (Å²) in [7, 11) is 0. The summed E-state index contributed by atoms with van der Waals surface area (Å²) in [6.07, 6.45) is 4.58. The third kappa shape index (κ3) is 4.12. The van der Waals surface area contributed by atoms with E-state index in [1.807, 2.05) is 0 Å². The lowest BCUT2D eigenvalue weighted by Gasteiger charge is -2.13. The number of aliphatic hydroxyl groups excluding tert-OH is 1. The molecule has 0 atom stereocenters. The van der Waals surface area contributed by atoms with Gasteiger partial charge in [-0.1, -0.05) is 23.7 Å². The highest BCUT2D eigenvalue weighted by molar-refractivity contribution is 6.30. The molecule has 0 fully saturated rings. The molecule has 0 bridgehead atoms. The van der Waals surface area contributed by atoms with Gasteiger partial charge in [-0.05, 0) is 29.3 Å². The van der Waals surface area contributed by atoms with Crippen molar-refractivity contribution in [2.75, 3.05) is 0 Å². The lowest BCUT2D eigenvalue weighted by Crippen LogP contribution is -2.07. The van der Waals surface area contributed by atoms with Gasteiger partial charge in [-0.3, -0.25) is 0 Å². The first-order chi connectivity index (χ1) is 12.1. The Labute approximate surface area is 147 Å². The Morgan fingerprint density at radius 2 is 2.08 bits per heavy atom. The molecule has 25 heavy (non-hydrogen) atoms. The maximum atomic E-state index is 12.7. The highest BCUT2D eigenvalue weighted by atomic mass is 35.5. The van der Waals surface area contributed by atoms with Gasteiger partial charge in [0.1, 0.15) is 0 Å². The monoisotopic (exact) mass is 365 g/mol. The van der Waals surface area contributed by atoms with E-state index in [-0.39, 0.29) is 12.5 Å². The number of imidazole rings is 1. The topological polar surface area (TPSA) is 60.2 Å². The van der Waals surface area contributed by atoms with Crippen LogP contribution in [0.4, 0.5) is 8.78 Å². The summed E-state index contributed by atoms with van der Waals surface area (Å²) in [6.45, 7) is -2.75. The molecule has 1 aromatic carbocycles. The number of rotatable bonds is 6. The molecular weight excluding hydrogens is 352 g/mol. The Hall–Kier alpha value is -2.51. The predicted octanol–water partition coefficient (Wildman–Crippen LogP) is 3.74. The second-order valence-electron chi connectivity index (χ2n) is 5.26. The van der Waals surface area contributed by atoms with E-state index in [0.29, 0.717) is 28.4 Å². The molecule has 1 N–H and O–H groups in total. The highest BCUT2D eigenvalue weighted by Crippen LogP contribution is 2.31. The Balaban J connectivity index is 2.00. The summed E-state index contributed by atoms with van der Waals surface area (Å²) in [5.74, 6) is -0.172. The minimum atomic E-state index is -2.98. The van der Waals surface area contributed by atoms with Gasteiger partial charge in [-0.15, -0.1) is 0 Å². The maximum absolute atomic E-state index is 12.7. The minimum Gasteiger partial charge on any atom is -0.416 e. The molecule has 0 aliphatic carbocycles. The Morgan fingerprint density at radius 1 is 1.24 bits per heavy atom. The second kappa shape index (κ2) is 7.58. The van der Waals surface area contributed by atoms with Gasteiger partial charge >= 0.3 is 6.61 Å². The summed E-state index contributed by atoms with van der Waals surface area (Å²) < 4.78 is 31.6. The summed E-state index contributed by atoms with van der Waals surface area (Å²) in [6, 6.07) is 8.50. The Morgan fingerprint density at radius 3 is 2.80 bits per heavy atom. The average Bonchev–Trinajstić information content (AvgIpc) is 3.03. The van der Waals surface area contributed by atoms with E-state index < -0.39 is 6.61 Å². The van der Waals surface area contributed by atoms with Crippen LogP contribution in [0.25, 0.3) is 11.1 Å². The molecule has 130 valence electrons. The van der Waals surface area contributed by atoms with Gasteiger partial charge in [-0.2, -0.15) is 8.78 Å². The van der Waals surface area contributed by atoms with Gasteiger partial charge in [-0.25, -0.2) is 9.97 Å². The number of ether oxygens (including phenoxy) is 1. The van der Waals surface area contributed by atoms with Crippen molar-refractivity contribution in [1.82, 2.24) is 14.5 Å². The van der Waals surface area contributed by atoms with E-state index in [9.17, 15) is 13.9 Å². The van der Waals surface area contributed by atoms with Crippen molar-refractivity contribution in [3.8, 4) is 17.0 Å². The third-order valence-electron chi connectivity index (χ3n) is 3.56. The number of pyridine rings is 1. The first-order valence-electron chi connectivity index (χ1n) is 7.36. The predicted molar refractivity (Wildman–Crippen MR) is 88.6 cm³/mol. The fourth-order valence-corrected chi connectivity index (χ4v) is 2.63. The zero-order chi connectivity index (χ0) is 17.8. The fourth-order valence-electron chi connectivity index (χ4n) is 2.44. The highest BCUT2D eigenvalue weighted by Gasteiger charge is 2.15. The standard InChI is InChI=1S/C17H14ClF2N3O2/c18-13-3-1-2-12(5-13)15-4-11(6-22-16(15)25-17(19)20)8-23-10-21-7-14(23)9-24/h1-7,10,17,24H,8-9H2. The number of aromatic nitrogens is 3. The van der Waals surface area contributed by atoms with Crippen LogP contribution in [0.1, 0.15) is 11.3 Å².